The third-order valence-corrected chi connectivity index (χ3v) is 5.43. The summed E-state index contributed by atoms with van der Waals surface area (Å²) in [6.45, 7) is 6.30. The van der Waals surface area contributed by atoms with Crippen LogP contribution in [0.25, 0.3) is 10.9 Å². The Kier molecular flexibility index (Phi) is 6.06. The van der Waals surface area contributed by atoms with E-state index in [2.05, 4.69) is 5.10 Å². The predicted octanol–water partition coefficient (Wildman–Crippen LogP) is 4.36. The van der Waals surface area contributed by atoms with Gasteiger partial charge in [-0.1, -0.05) is 58.2 Å². The van der Waals surface area contributed by atoms with E-state index in [9.17, 15) is 9.59 Å². The first-order chi connectivity index (χ1) is 13.3. The molecule has 1 aliphatic rings. The molecule has 1 atom stereocenters. The van der Waals surface area contributed by atoms with Gasteiger partial charge in [0.1, 0.15) is 0 Å². The van der Waals surface area contributed by atoms with Crippen molar-refractivity contribution in [3.8, 4) is 0 Å². The molecule has 1 aromatic carbocycles. The molecule has 28 heavy (non-hydrogen) atoms. The molecule has 0 amide bonds. The number of methoxy groups -OCH3 is 1. The van der Waals surface area contributed by atoms with Crippen LogP contribution in [-0.4, -0.2) is 34.9 Å². The van der Waals surface area contributed by atoms with Crippen molar-refractivity contribution >= 4 is 22.8 Å². The van der Waals surface area contributed by atoms with Crippen LogP contribution >= 0.6 is 0 Å². The fourth-order valence-corrected chi connectivity index (χ4v) is 3.88. The lowest BCUT2D eigenvalue weighted by Crippen LogP contribution is -2.39. The first-order valence-corrected chi connectivity index (χ1v) is 10.1. The van der Waals surface area contributed by atoms with Crippen molar-refractivity contribution in [2.45, 2.75) is 65.5 Å². The van der Waals surface area contributed by atoms with Crippen LogP contribution in [0.3, 0.4) is 0 Å². The van der Waals surface area contributed by atoms with Crippen LogP contribution in [0.5, 0.6) is 0 Å². The van der Waals surface area contributed by atoms with Gasteiger partial charge in [0, 0.05) is 17.3 Å². The number of esters is 2. The number of hydrogen-bond acceptors (Lipinski definition) is 5. The smallest absolute Gasteiger partial charge is 0.360 e. The Morgan fingerprint density at radius 1 is 1.18 bits per heavy atom. The molecule has 0 bridgehead atoms. The second-order valence-corrected chi connectivity index (χ2v) is 8.73. The lowest BCUT2D eigenvalue weighted by molar-refractivity contribution is -0.156. The van der Waals surface area contributed by atoms with Gasteiger partial charge in [-0.15, -0.1) is 0 Å². The third-order valence-electron chi connectivity index (χ3n) is 5.43. The number of rotatable bonds is 5. The molecule has 1 aliphatic carbocycles. The normalized spacial score (nSPS) is 16.7. The van der Waals surface area contributed by atoms with Crippen molar-refractivity contribution < 1.29 is 19.1 Å². The first kappa shape index (κ1) is 20.4. The molecule has 6 heteroatoms. The van der Waals surface area contributed by atoms with Gasteiger partial charge in [-0.2, -0.15) is 5.10 Å². The van der Waals surface area contributed by atoms with E-state index in [1.54, 1.807) is 0 Å². The average molecular weight is 386 g/mol. The van der Waals surface area contributed by atoms with E-state index in [0.29, 0.717) is 5.92 Å². The zero-order chi connectivity index (χ0) is 20.3. The summed E-state index contributed by atoms with van der Waals surface area (Å²) in [5.74, 6) is -0.575. The van der Waals surface area contributed by atoms with E-state index >= 15 is 0 Å². The largest absolute Gasteiger partial charge is 0.466 e. The van der Waals surface area contributed by atoms with E-state index in [1.807, 2.05) is 49.7 Å². The average Bonchev–Trinajstić information content (AvgIpc) is 3.04. The molecule has 1 fully saturated rings. The summed E-state index contributed by atoms with van der Waals surface area (Å²) in [7, 11) is 1.29. The van der Waals surface area contributed by atoms with Gasteiger partial charge in [0.05, 0.1) is 12.6 Å². The number of para-hydroxylation sites is 1. The zero-order valence-corrected chi connectivity index (χ0v) is 17.2. The van der Waals surface area contributed by atoms with Crippen molar-refractivity contribution in [3.63, 3.8) is 0 Å². The molecule has 1 heterocycles. The maximum absolute atomic E-state index is 12.9. The van der Waals surface area contributed by atoms with Gasteiger partial charge in [-0.05, 0) is 24.8 Å². The number of nitrogens with zero attached hydrogens (tertiary/aromatic N) is 2. The molecule has 2 aromatic rings. The number of hydrogen-bond donors (Lipinski definition) is 0. The molecule has 0 radical (unpaired) electrons. The second kappa shape index (κ2) is 8.33. The number of carbonyl (C=O) groups excluding carboxylic acids is 2. The number of benzene rings is 1. The lowest BCUT2D eigenvalue weighted by atomic mass is 9.89. The summed E-state index contributed by atoms with van der Waals surface area (Å²) >= 11 is 0. The molecule has 0 aliphatic heterocycles. The van der Waals surface area contributed by atoms with Gasteiger partial charge in [0.25, 0.3) is 0 Å². The Morgan fingerprint density at radius 3 is 2.50 bits per heavy atom. The summed E-state index contributed by atoms with van der Waals surface area (Å²) in [5, 5.41) is 5.34. The molecular weight excluding hydrogens is 356 g/mol. The highest BCUT2D eigenvalue weighted by molar-refractivity contribution is 6.02. The van der Waals surface area contributed by atoms with Crippen molar-refractivity contribution in [2.24, 2.45) is 11.3 Å². The highest BCUT2D eigenvalue weighted by Crippen LogP contribution is 2.29. The minimum Gasteiger partial charge on any atom is -0.466 e. The standard InChI is InChI=1S/C22H30N2O4/c1-22(2,3)19(21(26)27-4)28-20(25)18-16-12-8-9-13-17(16)24(23-18)14-15-10-6-5-7-11-15/h8-9,12-13,15,19H,5-7,10-11,14H2,1-4H3. The fraction of sp³-hybridized carbons (Fsp3) is 0.591. The maximum Gasteiger partial charge on any atom is 0.360 e. The summed E-state index contributed by atoms with van der Waals surface area (Å²) in [5.41, 5.74) is 0.596. The highest BCUT2D eigenvalue weighted by Gasteiger charge is 2.37. The van der Waals surface area contributed by atoms with Gasteiger partial charge in [0.2, 0.25) is 6.10 Å². The highest BCUT2D eigenvalue weighted by atomic mass is 16.6. The van der Waals surface area contributed by atoms with E-state index in [0.717, 1.165) is 17.4 Å². The number of aromatic nitrogens is 2. The Bertz CT molecular complexity index is 844. The maximum atomic E-state index is 12.9. The monoisotopic (exact) mass is 386 g/mol. The summed E-state index contributed by atoms with van der Waals surface area (Å²) < 4.78 is 12.3. The minimum absolute atomic E-state index is 0.254. The Hall–Kier alpha value is -2.37. The Balaban J connectivity index is 1.89. The molecular formula is C22H30N2O4. The van der Waals surface area contributed by atoms with Gasteiger partial charge >= 0.3 is 11.9 Å². The van der Waals surface area contributed by atoms with Crippen LogP contribution in [-0.2, 0) is 20.8 Å². The number of carbonyl (C=O) groups is 2. The molecule has 152 valence electrons. The van der Waals surface area contributed by atoms with Crippen LogP contribution in [0.2, 0.25) is 0 Å². The first-order valence-electron chi connectivity index (χ1n) is 10.1. The Labute approximate surface area is 166 Å². The minimum atomic E-state index is -0.993. The Morgan fingerprint density at radius 2 is 1.86 bits per heavy atom. The van der Waals surface area contributed by atoms with Crippen molar-refractivity contribution in [2.75, 3.05) is 7.11 Å². The van der Waals surface area contributed by atoms with E-state index in [-0.39, 0.29) is 5.69 Å². The van der Waals surface area contributed by atoms with Gasteiger partial charge in [-0.25, -0.2) is 9.59 Å². The molecule has 3 rings (SSSR count). The summed E-state index contributed by atoms with van der Waals surface area (Å²) in [4.78, 5) is 25.1. The van der Waals surface area contributed by atoms with Crippen molar-refractivity contribution in [1.29, 1.82) is 0 Å². The van der Waals surface area contributed by atoms with Gasteiger partial charge in [0.15, 0.2) is 5.69 Å². The molecule has 0 spiro atoms. The summed E-state index contributed by atoms with van der Waals surface area (Å²) in [6, 6.07) is 7.68. The molecule has 1 saturated carbocycles. The molecule has 0 saturated heterocycles. The van der Waals surface area contributed by atoms with Crippen LogP contribution < -0.4 is 0 Å². The van der Waals surface area contributed by atoms with Crippen LogP contribution in [0.4, 0.5) is 0 Å². The molecule has 1 unspecified atom stereocenters. The lowest BCUT2D eigenvalue weighted by Gasteiger charge is -2.27. The topological polar surface area (TPSA) is 70.4 Å². The van der Waals surface area contributed by atoms with Gasteiger partial charge in [-0.3, -0.25) is 4.68 Å². The van der Waals surface area contributed by atoms with E-state index in [1.165, 1.54) is 39.2 Å². The second-order valence-electron chi connectivity index (χ2n) is 8.73. The van der Waals surface area contributed by atoms with Crippen LogP contribution in [0.15, 0.2) is 24.3 Å². The predicted molar refractivity (Wildman–Crippen MR) is 107 cm³/mol. The van der Waals surface area contributed by atoms with Crippen molar-refractivity contribution in [3.05, 3.63) is 30.0 Å². The molecule has 6 nitrogen and oxygen atoms in total. The molecule has 1 aromatic heterocycles. The molecule has 0 N–H and O–H groups in total. The number of fused-ring (bicyclic) bond motifs is 1. The van der Waals surface area contributed by atoms with Crippen molar-refractivity contribution in [1.82, 2.24) is 9.78 Å². The fourth-order valence-electron chi connectivity index (χ4n) is 3.88. The summed E-state index contributed by atoms with van der Waals surface area (Å²) in [6.07, 6.45) is 5.21. The SMILES string of the molecule is COC(=O)C(OC(=O)c1nn(CC2CCCCC2)c2ccccc12)C(C)(C)C. The van der Waals surface area contributed by atoms with E-state index < -0.39 is 23.5 Å². The zero-order valence-electron chi connectivity index (χ0n) is 17.2. The van der Waals surface area contributed by atoms with Crippen LogP contribution in [0.1, 0.15) is 63.4 Å². The third kappa shape index (κ3) is 4.37. The van der Waals surface area contributed by atoms with E-state index in [4.69, 9.17) is 9.47 Å². The quantitative estimate of drug-likeness (QED) is 0.714. The number of ether oxygens (including phenoxy) is 2. The van der Waals surface area contributed by atoms with Gasteiger partial charge < -0.3 is 9.47 Å². The van der Waals surface area contributed by atoms with Crippen LogP contribution in [0, 0.1) is 11.3 Å².